The summed E-state index contributed by atoms with van der Waals surface area (Å²) in [4.78, 5) is 15.1. The van der Waals surface area contributed by atoms with Crippen LogP contribution in [0.4, 0.5) is 0 Å². The lowest BCUT2D eigenvalue weighted by atomic mass is 9.65. The summed E-state index contributed by atoms with van der Waals surface area (Å²) in [7, 11) is 0. The lowest BCUT2D eigenvalue weighted by molar-refractivity contribution is -0.128. The van der Waals surface area contributed by atoms with Gasteiger partial charge in [-0.05, 0) is 82.3 Å². The second-order valence-corrected chi connectivity index (χ2v) is 8.23. The first kappa shape index (κ1) is 23.0. The van der Waals surface area contributed by atoms with Gasteiger partial charge in [0, 0.05) is 18.5 Å². The standard InChI is InChI=1S/C19H35N3O.2ClH/c1-2-8-22-9-6-14(7-10-22)13-21-19(23)17-11-15-4-3-5-16(12-17)18(15)20;;/h14-18H,2-13,20H2,1H3,(H,21,23);2*1H. The number of rotatable bonds is 5. The second-order valence-electron chi connectivity index (χ2n) is 8.23. The number of carbonyl (C=O) groups excluding carboxylic acids is 1. The van der Waals surface area contributed by atoms with Crippen LogP contribution in [0, 0.1) is 23.7 Å². The molecule has 2 aliphatic carbocycles. The number of hydrogen-bond acceptors (Lipinski definition) is 3. The number of fused-ring (bicyclic) bond motifs is 2. The van der Waals surface area contributed by atoms with Crippen LogP contribution in [0.1, 0.15) is 58.3 Å². The predicted octanol–water partition coefficient (Wildman–Crippen LogP) is 3.22. The highest BCUT2D eigenvalue weighted by Gasteiger charge is 2.40. The van der Waals surface area contributed by atoms with E-state index in [1.54, 1.807) is 0 Å². The van der Waals surface area contributed by atoms with Gasteiger partial charge in [-0.1, -0.05) is 13.3 Å². The van der Waals surface area contributed by atoms with E-state index in [1.807, 2.05) is 0 Å². The van der Waals surface area contributed by atoms with E-state index in [2.05, 4.69) is 17.1 Å². The molecule has 3 fully saturated rings. The molecule has 0 aromatic carbocycles. The molecule has 4 nitrogen and oxygen atoms in total. The molecule has 0 spiro atoms. The third-order valence-corrected chi connectivity index (χ3v) is 6.60. The van der Waals surface area contributed by atoms with Crippen molar-refractivity contribution in [2.24, 2.45) is 29.4 Å². The average molecular weight is 394 g/mol. The summed E-state index contributed by atoms with van der Waals surface area (Å²) in [5.41, 5.74) is 6.34. The molecule has 1 aliphatic heterocycles. The van der Waals surface area contributed by atoms with Gasteiger partial charge < -0.3 is 16.0 Å². The van der Waals surface area contributed by atoms with E-state index in [4.69, 9.17) is 5.73 Å². The topological polar surface area (TPSA) is 58.4 Å². The van der Waals surface area contributed by atoms with Crippen molar-refractivity contribution in [1.29, 1.82) is 0 Å². The maximum Gasteiger partial charge on any atom is 0.223 e. The fraction of sp³-hybridized carbons (Fsp3) is 0.947. The Kier molecular flexibility index (Phi) is 10.1. The van der Waals surface area contributed by atoms with Crippen LogP contribution >= 0.6 is 24.8 Å². The van der Waals surface area contributed by atoms with Crippen molar-refractivity contribution < 1.29 is 4.79 Å². The molecule has 3 aliphatic rings. The van der Waals surface area contributed by atoms with Crippen LogP contribution in [0.25, 0.3) is 0 Å². The number of nitrogens with one attached hydrogen (secondary N) is 1. The summed E-state index contributed by atoms with van der Waals surface area (Å²) in [6, 6.07) is 0.357. The van der Waals surface area contributed by atoms with Crippen molar-refractivity contribution in [3.05, 3.63) is 0 Å². The van der Waals surface area contributed by atoms with Gasteiger partial charge in [0.25, 0.3) is 0 Å². The maximum absolute atomic E-state index is 12.6. The van der Waals surface area contributed by atoms with Crippen molar-refractivity contribution >= 4 is 30.7 Å². The van der Waals surface area contributed by atoms with E-state index in [1.165, 1.54) is 58.2 Å². The number of likely N-dealkylation sites (tertiary alicyclic amines) is 1. The largest absolute Gasteiger partial charge is 0.356 e. The highest BCUT2D eigenvalue weighted by Crippen LogP contribution is 2.41. The lowest BCUT2D eigenvalue weighted by Gasteiger charge is -2.43. The van der Waals surface area contributed by atoms with Crippen LogP contribution < -0.4 is 11.1 Å². The van der Waals surface area contributed by atoms with Crippen molar-refractivity contribution in [3.8, 4) is 0 Å². The molecule has 0 aromatic heterocycles. The molecule has 25 heavy (non-hydrogen) atoms. The number of halogens is 2. The molecule has 1 heterocycles. The van der Waals surface area contributed by atoms with E-state index < -0.39 is 0 Å². The third kappa shape index (κ3) is 5.98. The van der Waals surface area contributed by atoms with E-state index >= 15 is 0 Å². The van der Waals surface area contributed by atoms with Gasteiger partial charge in [0.1, 0.15) is 0 Å². The highest BCUT2D eigenvalue weighted by molar-refractivity contribution is 5.85. The van der Waals surface area contributed by atoms with Gasteiger partial charge in [-0.2, -0.15) is 0 Å². The molecule has 148 valence electrons. The summed E-state index contributed by atoms with van der Waals surface area (Å²) in [5.74, 6) is 2.40. The minimum absolute atomic E-state index is 0. The molecule has 2 unspecified atom stereocenters. The molecule has 0 aromatic rings. The summed E-state index contributed by atoms with van der Waals surface area (Å²) < 4.78 is 0. The molecule has 2 atom stereocenters. The number of amides is 1. The Balaban J connectivity index is 0.00000156. The van der Waals surface area contributed by atoms with E-state index in [0.717, 1.165) is 19.4 Å². The molecule has 1 saturated heterocycles. The highest BCUT2D eigenvalue weighted by atomic mass is 35.5. The molecule has 6 heteroatoms. The van der Waals surface area contributed by atoms with Crippen molar-refractivity contribution in [1.82, 2.24) is 10.2 Å². The van der Waals surface area contributed by atoms with E-state index in [-0.39, 0.29) is 30.7 Å². The van der Waals surface area contributed by atoms with Crippen LogP contribution in [0.5, 0.6) is 0 Å². The number of piperidine rings is 1. The van der Waals surface area contributed by atoms with Gasteiger partial charge in [0.05, 0.1) is 0 Å². The van der Waals surface area contributed by atoms with Crippen molar-refractivity contribution in [3.63, 3.8) is 0 Å². The summed E-state index contributed by atoms with van der Waals surface area (Å²) in [6.45, 7) is 6.77. The van der Waals surface area contributed by atoms with Crippen LogP contribution in [-0.2, 0) is 4.79 Å². The van der Waals surface area contributed by atoms with E-state index in [9.17, 15) is 4.79 Å². The number of hydrogen-bond donors (Lipinski definition) is 2. The second kappa shape index (κ2) is 11.0. The first-order valence-electron chi connectivity index (χ1n) is 9.93. The van der Waals surface area contributed by atoms with Crippen molar-refractivity contribution in [2.45, 2.75) is 64.3 Å². The minimum atomic E-state index is 0. The van der Waals surface area contributed by atoms with Crippen molar-refractivity contribution in [2.75, 3.05) is 26.2 Å². The fourth-order valence-corrected chi connectivity index (χ4v) is 5.12. The smallest absolute Gasteiger partial charge is 0.223 e. The Morgan fingerprint density at radius 1 is 1.08 bits per heavy atom. The van der Waals surface area contributed by atoms with Crippen LogP contribution in [0.2, 0.25) is 0 Å². The molecule has 2 saturated carbocycles. The molecule has 2 bridgehead atoms. The Morgan fingerprint density at radius 3 is 2.24 bits per heavy atom. The zero-order valence-electron chi connectivity index (χ0n) is 15.6. The summed E-state index contributed by atoms with van der Waals surface area (Å²) in [5, 5.41) is 3.27. The van der Waals surface area contributed by atoms with E-state index in [0.29, 0.717) is 29.7 Å². The quantitative estimate of drug-likeness (QED) is 0.753. The summed E-state index contributed by atoms with van der Waals surface area (Å²) >= 11 is 0. The zero-order valence-corrected chi connectivity index (χ0v) is 17.3. The Bertz CT molecular complexity index is 388. The van der Waals surface area contributed by atoms with Crippen LogP contribution in [-0.4, -0.2) is 43.0 Å². The Morgan fingerprint density at radius 2 is 1.68 bits per heavy atom. The Labute approximate surface area is 165 Å². The van der Waals surface area contributed by atoms with Crippen LogP contribution in [0.3, 0.4) is 0 Å². The van der Waals surface area contributed by atoms with Gasteiger partial charge in [-0.15, -0.1) is 24.8 Å². The third-order valence-electron chi connectivity index (χ3n) is 6.60. The molecule has 3 rings (SSSR count). The van der Waals surface area contributed by atoms with Gasteiger partial charge in [0.2, 0.25) is 5.91 Å². The normalized spacial score (nSPS) is 33.0. The maximum atomic E-state index is 12.6. The first-order valence-corrected chi connectivity index (χ1v) is 9.93. The summed E-state index contributed by atoms with van der Waals surface area (Å²) in [6.07, 6.45) is 9.55. The average Bonchev–Trinajstić information content (AvgIpc) is 2.54. The first-order chi connectivity index (χ1) is 11.2. The molecular formula is C19H37Cl2N3O. The lowest BCUT2D eigenvalue weighted by Crippen LogP contribution is -2.49. The molecular weight excluding hydrogens is 357 g/mol. The van der Waals surface area contributed by atoms with Gasteiger partial charge in [0.15, 0.2) is 0 Å². The number of nitrogens with two attached hydrogens (primary N) is 1. The van der Waals surface area contributed by atoms with Gasteiger partial charge in [-0.3, -0.25) is 4.79 Å². The SMILES string of the molecule is CCCN1CCC(CNC(=O)C2CC3CCCC(C2)C3N)CC1.Cl.Cl. The molecule has 3 N–H and O–H groups in total. The Hall–Kier alpha value is -0.0300. The monoisotopic (exact) mass is 393 g/mol. The molecule has 0 radical (unpaired) electrons. The van der Waals surface area contributed by atoms with Gasteiger partial charge in [-0.25, -0.2) is 0 Å². The minimum Gasteiger partial charge on any atom is -0.356 e. The zero-order chi connectivity index (χ0) is 16.2. The molecule has 1 amide bonds. The van der Waals surface area contributed by atoms with Gasteiger partial charge >= 0.3 is 0 Å². The fourth-order valence-electron chi connectivity index (χ4n) is 5.12. The predicted molar refractivity (Wildman–Crippen MR) is 108 cm³/mol. The number of nitrogens with zero attached hydrogens (tertiary/aromatic N) is 1. The number of carbonyl (C=O) groups is 1. The van der Waals surface area contributed by atoms with Crippen LogP contribution in [0.15, 0.2) is 0 Å².